The minimum absolute atomic E-state index is 0.0399. The van der Waals surface area contributed by atoms with E-state index >= 15 is 0 Å². The maximum atomic E-state index is 12.5. The first-order valence-corrected chi connectivity index (χ1v) is 10.4. The Bertz CT molecular complexity index is 1050. The highest BCUT2D eigenvalue weighted by molar-refractivity contribution is 7.18. The summed E-state index contributed by atoms with van der Waals surface area (Å²) in [6.07, 6.45) is 2.42. The summed E-state index contributed by atoms with van der Waals surface area (Å²) in [7, 11) is 0. The zero-order valence-electron chi connectivity index (χ0n) is 16.4. The molecule has 0 unspecified atom stereocenters. The van der Waals surface area contributed by atoms with Gasteiger partial charge in [0.1, 0.15) is 5.76 Å². The van der Waals surface area contributed by atoms with Crippen LogP contribution in [0.3, 0.4) is 0 Å². The topological polar surface area (TPSA) is 67.2 Å². The largest absolute Gasteiger partial charge is 0.468 e. The average molecular weight is 406 g/mol. The summed E-state index contributed by atoms with van der Waals surface area (Å²) >= 11 is 1.72. The monoisotopic (exact) mass is 405 g/mol. The quantitative estimate of drug-likeness (QED) is 0.446. The zero-order valence-corrected chi connectivity index (χ0v) is 17.2. The van der Waals surface area contributed by atoms with E-state index < -0.39 is 0 Å². The smallest absolute Gasteiger partial charge is 0.241 e. The SMILES string of the molecule is C[C@H](N[C@H](C)C(=O)Nc1ccc(Cc2nc3ccccc3s2)cc1)c1ccco1. The third-order valence-corrected chi connectivity index (χ3v) is 5.81. The van der Waals surface area contributed by atoms with Crippen molar-refractivity contribution in [2.45, 2.75) is 32.4 Å². The second kappa shape index (κ2) is 8.59. The number of nitrogens with zero attached hydrogens (tertiary/aromatic N) is 1. The lowest BCUT2D eigenvalue weighted by atomic mass is 10.1. The molecule has 4 aromatic rings. The number of para-hydroxylation sites is 1. The van der Waals surface area contributed by atoms with Crippen molar-refractivity contribution in [2.75, 3.05) is 5.32 Å². The van der Waals surface area contributed by atoms with E-state index in [-0.39, 0.29) is 18.0 Å². The van der Waals surface area contributed by atoms with Gasteiger partial charge in [-0.25, -0.2) is 4.98 Å². The summed E-state index contributed by atoms with van der Waals surface area (Å²) in [5.74, 6) is 0.728. The van der Waals surface area contributed by atoms with Gasteiger partial charge in [-0.15, -0.1) is 11.3 Å². The molecule has 2 N–H and O–H groups in total. The molecule has 0 aliphatic heterocycles. The second-order valence-corrected chi connectivity index (χ2v) is 8.18. The van der Waals surface area contributed by atoms with Gasteiger partial charge in [-0.1, -0.05) is 24.3 Å². The number of aromatic nitrogens is 1. The predicted molar refractivity (Wildman–Crippen MR) is 117 cm³/mol. The molecule has 0 radical (unpaired) electrons. The van der Waals surface area contributed by atoms with Crippen molar-refractivity contribution in [3.8, 4) is 0 Å². The molecule has 0 aliphatic carbocycles. The Labute approximate surface area is 173 Å². The van der Waals surface area contributed by atoms with E-state index in [2.05, 4.69) is 21.7 Å². The van der Waals surface area contributed by atoms with Crippen LogP contribution >= 0.6 is 11.3 Å². The Hall–Kier alpha value is -2.96. The minimum atomic E-state index is -0.350. The lowest BCUT2D eigenvalue weighted by molar-refractivity contribution is -0.118. The first-order valence-electron chi connectivity index (χ1n) is 9.62. The number of hydrogen-bond donors (Lipinski definition) is 2. The van der Waals surface area contributed by atoms with E-state index in [1.54, 1.807) is 17.6 Å². The minimum Gasteiger partial charge on any atom is -0.468 e. The summed E-state index contributed by atoms with van der Waals surface area (Å²) in [4.78, 5) is 17.2. The van der Waals surface area contributed by atoms with Crippen molar-refractivity contribution in [3.05, 3.63) is 83.3 Å². The zero-order chi connectivity index (χ0) is 20.2. The molecule has 1 amide bonds. The van der Waals surface area contributed by atoms with Crippen molar-refractivity contribution in [1.82, 2.24) is 10.3 Å². The third kappa shape index (κ3) is 4.72. The van der Waals surface area contributed by atoms with Crippen molar-refractivity contribution in [3.63, 3.8) is 0 Å². The molecule has 148 valence electrons. The number of fused-ring (bicyclic) bond motifs is 1. The first-order chi connectivity index (χ1) is 14.1. The van der Waals surface area contributed by atoms with E-state index in [9.17, 15) is 4.79 Å². The lowest BCUT2D eigenvalue weighted by Gasteiger charge is -2.18. The fourth-order valence-corrected chi connectivity index (χ4v) is 4.20. The van der Waals surface area contributed by atoms with E-state index in [1.807, 2.05) is 68.4 Å². The first kappa shape index (κ1) is 19.4. The summed E-state index contributed by atoms with van der Waals surface area (Å²) < 4.78 is 6.58. The van der Waals surface area contributed by atoms with Crippen LogP contribution in [0, 0.1) is 0 Å². The van der Waals surface area contributed by atoms with E-state index in [0.29, 0.717) is 0 Å². The second-order valence-electron chi connectivity index (χ2n) is 7.06. The number of anilines is 1. The number of carbonyl (C=O) groups is 1. The summed E-state index contributed by atoms with van der Waals surface area (Å²) in [6, 6.07) is 19.5. The van der Waals surface area contributed by atoms with Gasteiger partial charge in [0.2, 0.25) is 5.91 Å². The van der Waals surface area contributed by atoms with Gasteiger partial charge in [0.15, 0.2) is 0 Å². The van der Waals surface area contributed by atoms with Gasteiger partial charge in [0.25, 0.3) is 0 Å². The summed E-state index contributed by atoms with van der Waals surface area (Å²) in [6.45, 7) is 3.82. The van der Waals surface area contributed by atoms with Crippen LogP contribution in [0.15, 0.2) is 71.3 Å². The molecule has 5 nitrogen and oxygen atoms in total. The van der Waals surface area contributed by atoms with Gasteiger partial charge in [-0.2, -0.15) is 0 Å². The van der Waals surface area contributed by atoms with Crippen molar-refractivity contribution in [1.29, 1.82) is 0 Å². The van der Waals surface area contributed by atoms with Crippen LogP contribution in [-0.2, 0) is 11.2 Å². The van der Waals surface area contributed by atoms with Crippen molar-refractivity contribution in [2.24, 2.45) is 0 Å². The third-order valence-electron chi connectivity index (χ3n) is 4.78. The normalized spacial score (nSPS) is 13.3. The van der Waals surface area contributed by atoms with Gasteiger partial charge in [-0.3, -0.25) is 10.1 Å². The Morgan fingerprint density at radius 1 is 1.07 bits per heavy atom. The van der Waals surface area contributed by atoms with Crippen molar-refractivity contribution < 1.29 is 9.21 Å². The molecule has 6 heteroatoms. The molecule has 2 heterocycles. The van der Waals surface area contributed by atoms with Gasteiger partial charge >= 0.3 is 0 Å². The molecule has 0 bridgehead atoms. The van der Waals surface area contributed by atoms with Gasteiger partial charge in [0, 0.05) is 12.1 Å². The Morgan fingerprint density at radius 2 is 1.86 bits per heavy atom. The molecule has 2 atom stereocenters. The highest BCUT2D eigenvalue weighted by Crippen LogP contribution is 2.24. The fraction of sp³-hybridized carbons (Fsp3) is 0.217. The van der Waals surface area contributed by atoms with Gasteiger partial charge in [-0.05, 0) is 55.8 Å². The average Bonchev–Trinajstić information content (AvgIpc) is 3.39. The summed E-state index contributed by atoms with van der Waals surface area (Å²) in [5, 5.41) is 7.30. The van der Waals surface area contributed by atoms with Gasteiger partial charge < -0.3 is 9.73 Å². The molecule has 0 saturated heterocycles. The number of rotatable bonds is 7. The van der Waals surface area contributed by atoms with E-state index in [0.717, 1.165) is 28.4 Å². The maximum Gasteiger partial charge on any atom is 0.241 e. The molecule has 0 aliphatic rings. The molecule has 2 aromatic carbocycles. The Morgan fingerprint density at radius 3 is 2.59 bits per heavy atom. The maximum absolute atomic E-state index is 12.5. The number of amides is 1. The number of hydrogen-bond acceptors (Lipinski definition) is 5. The lowest BCUT2D eigenvalue weighted by Crippen LogP contribution is -2.39. The molecule has 0 spiro atoms. The van der Waals surface area contributed by atoms with Crippen LogP contribution in [0.4, 0.5) is 5.69 Å². The molecule has 0 fully saturated rings. The number of carbonyl (C=O) groups excluding carboxylic acids is 1. The summed E-state index contributed by atoms with van der Waals surface area (Å²) in [5.41, 5.74) is 2.99. The number of furan rings is 1. The number of thiazole rings is 1. The number of nitrogens with one attached hydrogen (secondary N) is 2. The molecular formula is C23H23N3O2S. The molecule has 2 aromatic heterocycles. The van der Waals surface area contributed by atoms with Crippen LogP contribution in [0.2, 0.25) is 0 Å². The van der Waals surface area contributed by atoms with Crippen LogP contribution in [0.5, 0.6) is 0 Å². The molecule has 0 saturated carbocycles. The molecule has 4 rings (SSSR count). The Kier molecular flexibility index (Phi) is 5.74. The van der Waals surface area contributed by atoms with Gasteiger partial charge in [0.05, 0.1) is 33.6 Å². The predicted octanol–water partition coefficient (Wildman–Crippen LogP) is 5.16. The van der Waals surface area contributed by atoms with E-state index in [1.165, 1.54) is 10.3 Å². The molecular weight excluding hydrogens is 382 g/mol. The van der Waals surface area contributed by atoms with Crippen LogP contribution in [0.1, 0.15) is 36.2 Å². The number of benzene rings is 2. The fourth-order valence-electron chi connectivity index (χ4n) is 3.20. The van der Waals surface area contributed by atoms with Crippen LogP contribution in [0.25, 0.3) is 10.2 Å². The van der Waals surface area contributed by atoms with E-state index in [4.69, 9.17) is 4.42 Å². The highest BCUT2D eigenvalue weighted by atomic mass is 32.1. The van der Waals surface area contributed by atoms with Crippen LogP contribution < -0.4 is 10.6 Å². The highest BCUT2D eigenvalue weighted by Gasteiger charge is 2.17. The molecule has 29 heavy (non-hydrogen) atoms. The van der Waals surface area contributed by atoms with Crippen molar-refractivity contribution >= 4 is 33.1 Å². The van der Waals surface area contributed by atoms with Crippen LogP contribution in [-0.4, -0.2) is 16.9 Å². The Balaban J connectivity index is 1.34. The standard InChI is InChI=1S/C23H23N3O2S/c1-15(20-7-5-13-28-20)24-16(2)23(27)25-18-11-9-17(10-12-18)14-22-26-19-6-3-4-8-21(19)29-22/h3-13,15-16,24H,14H2,1-2H3,(H,25,27)/t15-,16+/m0/s1.